The van der Waals surface area contributed by atoms with E-state index in [1.165, 1.54) is 11.3 Å². The maximum Gasteiger partial charge on any atom is 0.223 e. The minimum absolute atomic E-state index is 0.228. The number of carbonyl (C=O) groups is 1. The number of carbonyl (C=O) groups excluding carboxylic acids is 1. The minimum atomic E-state index is 0.228. The third-order valence-electron chi connectivity index (χ3n) is 4.81. The summed E-state index contributed by atoms with van der Waals surface area (Å²) in [6, 6.07) is 14.9. The van der Waals surface area contributed by atoms with Crippen molar-refractivity contribution in [3.8, 4) is 0 Å². The summed E-state index contributed by atoms with van der Waals surface area (Å²) in [6.07, 6.45) is 2.71. The van der Waals surface area contributed by atoms with Gasteiger partial charge in [-0.05, 0) is 36.5 Å². The largest absolute Gasteiger partial charge is 0.345 e. The van der Waals surface area contributed by atoms with Gasteiger partial charge in [-0.2, -0.15) is 0 Å². The lowest BCUT2D eigenvalue weighted by Crippen LogP contribution is -2.41. The van der Waals surface area contributed by atoms with Gasteiger partial charge in [0.25, 0.3) is 0 Å². The third kappa shape index (κ3) is 5.48. The predicted octanol–water partition coefficient (Wildman–Crippen LogP) is 4.96. The van der Waals surface area contributed by atoms with E-state index < -0.39 is 0 Å². The van der Waals surface area contributed by atoms with E-state index in [0.717, 1.165) is 6.54 Å². The summed E-state index contributed by atoms with van der Waals surface area (Å²) in [4.78, 5) is 14.9. The molecule has 0 aliphatic carbocycles. The lowest BCUT2D eigenvalue weighted by Gasteiger charge is -2.33. The third-order valence-corrected chi connectivity index (χ3v) is 4.81. The van der Waals surface area contributed by atoms with Crippen molar-refractivity contribution in [3.63, 3.8) is 0 Å². The molecule has 25 heavy (non-hydrogen) atoms. The number of nitrogens with zero attached hydrogens (tertiary/aromatic N) is 2. The Bertz CT molecular complexity index is 658. The van der Waals surface area contributed by atoms with Crippen LogP contribution in [0.15, 0.2) is 48.7 Å². The number of hydrogen-bond donors (Lipinski definition) is 0. The maximum atomic E-state index is 12.8. The molecule has 0 fully saturated rings. The first-order valence-electron chi connectivity index (χ1n) is 9.36. The summed E-state index contributed by atoms with van der Waals surface area (Å²) in [5.41, 5.74) is 2.46. The zero-order chi connectivity index (χ0) is 18.4. The van der Waals surface area contributed by atoms with Gasteiger partial charge in [-0.3, -0.25) is 4.79 Å². The first-order chi connectivity index (χ1) is 11.9. The number of hydrogen-bond acceptors (Lipinski definition) is 1. The molecule has 0 aliphatic heterocycles. The zero-order valence-corrected chi connectivity index (χ0v) is 16.3. The normalized spacial score (nSPS) is 12.6. The zero-order valence-electron chi connectivity index (χ0n) is 16.3. The Balaban J connectivity index is 2.18. The quantitative estimate of drug-likeness (QED) is 0.667. The molecule has 136 valence electrons. The molecule has 0 saturated carbocycles. The smallest absolute Gasteiger partial charge is 0.223 e. The van der Waals surface area contributed by atoms with E-state index in [1.807, 2.05) is 6.07 Å². The van der Waals surface area contributed by atoms with Gasteiger partial charge in [-0.15, -0.1) is 0 Å². The molecular formula is C22H32N2O. The Morgan fingerprint density at radius 3 is 2.28 bits per heavy atom. The van der Waals surface area contributed by atoms with E-state index >= 15 is 0 Å². The Labute approximate surface area is 152 Å². The van der Waals surface area contributed by atoms with E-state index in [4.69, 9.17) is 0 Å². The monoisotopic (exact) mass is 340 g/mol. The van der Waals surface area contributed by atoms with Crippen LogP contribution in [0.25, 0.3) is 0 Å². The minimum Gasteiger partial charge on any atom is -0.345 e. The number of rotatable bonds is 8. The molecule has 0 N–H and O–H groups in total. The van der Waals surface area contributed by atoms with Crippen molar-refractivity contribution in [1.82, 2.24) is 9.47 Å². The SMILES string of the molecule is CC(C)CC(=O)N(Cc1cccn1Cc1ccccc1)[C@H](C)C(C)C. The molecule has 1 heterocycles. The molecule has 0 bridgehead atoms. The number of benzene rings is 1. The van der Waals surface area contributed by atoms with Crippen LogP contribution in [0, 0.1) is 11.8 Å². The molecule has 3 nitrogen and oxygen atoms in total. The molecule has 2 rings (SSSR count). The number of aromatic nitrogens is 1. The highest BCUT2D eigenvalue weighted by atomic mass is 16.2. The second-order valence-electron chi connectivity index (χ2n) is 7.72. The second kappa shape index (κ2) is 8.89. The lowest BCUT2D eigenvalue weighted by molar-refractivity contribution is -0.135. The van der Waals surface area contributed by atoms with E-state index in [9.17, 15) is 4.79 Å². The van der Waals surface area contributed by atoms with Gasteiger partial charge in [0.15, 0.2) is 0 Å². The molecule has 1 atom stereocenters. The average Bonchev–Trinajstić information content (AvgIpc) is 2.99. The average molecular weight is 341 g/mol. The van der Waals surface area contributed by atoms with Crippen LogP contribution in [0.1, 0.15) is 52.3 Å². The molecule has 1 aromatic heterocycles. The second-order valence-corrected chi connectivity index (χ2v) is 7.72. The van der Waals surface area contributed by atoms with Crippen molar-refractivity contribution >= 4 is 5.91 Å². The van der Waals surface area contributed by atoms with Gasteiger partial charge in [0.2, 0.25) is 5.91 Å². The van der Waals surface area contributed by atoms with Crippen molar-refractivity contribution in [3.05, 3.63) is 59.9 Å². The summed E-state index contributed by atoms with van der Waals surface area (Å²) in [5, 5.41) is 0. The van der Waals surface area contributed by atoms with Crippen LogP contribution in [-0.4, -0.2) is 21.4 Å². The van der Waals surface area contributed by atoms with Crippen molar-refractivity contribution in [1.29, 1.82) is 0 Å². The van der Waals surface area contributed by atoms with Crippen LogP contribution >= 0.6 is 0 Å². The summed E-state index contributed by atoms with van der Waals surface area (Å²) in [5.74, 6) is 1.07. The van der Waals surface area contributed by atoms with Crippen LogP contribution in [0.4, 0.5) is 0 Å². The van der Waals surface area contributed by atoms with Gasteiger partial charge in [-0.1, -0.05) is 58.0 Å². The van der Waals surface area contributed by atoms with Gasteiger partial charge in [0.05, 0.1) is 6.54 Å². The molecule has 2 aromatic rings. The van der Waals surface area contributed by atoms with Crippen molar-refractivity contribution < 1.29 is 4.79 Å². The lowest BCUT2D eigenvalue weighted by atomic mass is 10.0. The Hall–Kier alpha value is -2.03. The Morgan fingerprint density at radius 2 is 1.68 bits per heavy atom. The molecular weight excluding hydrogens is 308 g/mol. The van der Waals surface area contributed by atoms with Crippen LogP contribution in [0.5, 0.6) is 0 Å². The van der Waals surface area contributed by atoms with Gasteiger partial charge < -0.3 is 9.47 Å². The predicted molar refractivity (Wildman–Crippen MR) is 104 cm³/mol. The first-order valence-corrected chi connectivity index (χ1v) is 9.36. The summed E-state index contributed by atoms with van der Waals surface area (Å²) in [7, 11) is 0. The Kier molecular flexibility index (Phi) is 6.86. The maximum absolute atomic E-state index is 12.8. The number of amides is 1. The van der Waals surface area contributed by atoms with Crippen LogP contribution in [0.3, 0.4) is 0 Å². The molecule has 1 aromatic carbocycles. The van der Waals surface area contributed by atoms with Crippen molar-refractivity contribution in [2.24, 2.45) is 11.8 Å². The van der Waals surface area contributed by atoms with Gasteiger partial charge in [0.1, 0.15) is 0 Å². The fourth-order valence-corrected chi connectivity index (χ4v) is 2.99. The van der Waals surface area contributed by atoms with E-state index in [1.54, 1.807) is 0 Å². The van der Waals surface area contributed by atoms with Crippen LogP contribution < -0.4 is 0 Å². The van der Waals surface area contributed by atoms with Crippen molar-refractivity contribution in [2.45, 2.75) is 60.2 Å². The highest BCUT2D eigenvalue weighted by molar-refractivity contribution is 5.76. The summed E-state index contributed by atoms with van der Waals surface area (Å²) < 4.78 is 2.25. The van der Waals surface area contributed by atoms with Crippen LogP contribution in [-0.2, 0) is 17.9 Å². The van der Waals surface area contributed by atoms with E-state index in [0.29, 0.717) is 24.8 Å². The van der Waals surface area contributed by atoms with Gasteiger partial charge in [-0.25, -0.2) is 0 Å². The standard InChI is InChI=1S/C22H32N2O/c1-17(2)14-22(25)24(19(5)18(3)4)16-21-12-9-13-23(21)15-20-10-7-6-8-11-20/h6-13,17-19H,14-16H2,1-5H3/t19-/m1/s1. The van der Waals surface area contributed by atoms with Gasteiger partial charge >= 0.3 is 0 Å². The highest BCUT2D eigenvalue weighted by Gasteiger charge is 2.24. The molecule has 1 amide bonds. The Morgan fingerprint density at radius 1 is 1.00 bits per heavy atom. The molecule has 0 saturated heterocycles. The highest BCUT2D eigenvalue weighted by Crippen LogP contribution is 2.19. The fourth-order valence-electron chi connectivity index (χ4n) is 2.99. The fraction of sp³-hybridized carbons (Fsp3) is 0.500. The van der Waals surface area contributed by atoms with Crippen LogP contribution in [0.2, 0.25) is 0 Å². The van der Waals surface area contributed by atoms with E-state index in [-0.39, 0.29) is 11.9 Å². The van der Waals surface area contributed by atoms with Crippen molar-refractivity contribution in [2.75, 3.05) is 0 Å². The van der Waals surface area contributed by atoms with Gasteiger partial charge in [0, 0.05) is 30.9 Å². The van der Waals surface area contributed by atoms with E-state index in [2.05, 4.69) is 86.7 Å². The molecule has 0 aliphatic rings. The molecule has 0 radical (unpaired) electrons. The molecule has 0 spiro atoms. The molecule has 3 heteroatoms. The summed E-state index contributed by atoms with van der Waals surface area (Å²) >= 11 is 0. The molecule has 0 unspecified atom stereocenters. The topological polar surface area (TPSA) is 25.2 Å². The summed E-state index contributed by atoms with van der Waals surface area (Å²) in [6.45, 7) is 12.2. The first kappa shape index (κ1) is 19.3.